The summed E-state index contributed by atoms with van der Waals surface area (Å²) in [5.41, 5.74) is 2.86. The lowest BCUT2D eigenvalue weighted by atomic mass is 9.74. The van der Waals surface area contributed by atoms with Crippen LogP contribution in [-0.4, -0.2) is 29.6 Å². The lowest BCUT2D eigenvalue weighted by Gasteiger charge is -2.43. The fourth-order valence-electron chi connectivity index (χ4n) is 3.48. The number of nitrogens with zero attached hydrogens (tertiary/aromatic N) is 1. The van der Waals surface area contributed by atoms with E-state index < -0.39 is 0 Å². The molecule has 1 saturated heterocycles. The number of halogens is 1. The Morgan fingerprint density at radius 1 is 1.29 bits per heavy atom. The lowest BCUT2D eigenvalue weighted by molar-refractivity contribution is 0.143. The van der Waals surface area contributed by atoms with Gasteiger partial charge in [0.2, 0.25) is 0 Å². The molecule has 2 aliphatic rings. The molecule has 0 bridgehead atoms. The van der Waals surface area contributed by atoms with E-state index in [0.717, 1.165) is 12.5 Å². The minimum atomic E-state index is 0. The van der Waals surface area contributed by atoms with Crippen molar-refractivity contribution < 1.29 is 5.11 Å². The smallest absolute Gasteiger partial charge is 0.115 e. The molecule has 1 heterocycles. The maximum absolute atomic E-state index is 9.53. The molecule has 1 aliphatic heterocycles. The average molecular weight is 298 g/mol. The van der Waals surface area contributed by atoms with Crippen LogP contribution in [0.3, 0.4) is 0 Å². The summed E-state index contributed by atoms with van der Waals surface area (Å²) in [6.07, 6.45) is 4.98. The number of likely N-dealkylation sites (tertiary alicyclic amines) is 1. The van der Waals surface area contributed by atoms with Gasteiger partial charge in [0.05, 0.1) is 0 Å². The normalized spacial score (nSPS) is 27.8. The molecule has 0 aromatic heterocycles. The van der Waals surface area contributed by atoms with Crippen molar-refractivity contribution in [1.29, 1.82) is 0 Å². The molecular formula is C14H20BrNO. The summed E-state index contributed by atoms with van der Waals surface area (Å²) in [4.78, 5) is 2.52. The molecule has 0 radical (unpaired) electrons. The second-order valence-corrected chi connectivity index (χ2v) is 5.22. The van der Waals surface area contributed by atoms with Crippen LogP contribution >= 0.6 is 17.0 Å². The van der Waals surface area contributed by atoms with Crippen LogP contribution in [0.25, 0.3) is 0 Å². The van der Waals surface area contributed by atoms with E-state index in [1.54, 1.807) is 0 Å². The molecule has 94 valence electrons. The Morgan fingerprint density at radius 3 is 2.94 bits per heavy atom. The van der Waals surface area contributed by atoms with Crippen molar-refractivity contribution in [2.24, 2.45) is 0 Å². The molecule has 3 heteroatoms. The Hall–Kier alpha value is -0.540. The van der Waals surface area contributed by atoms with E-state index in [0.29, 0.717) is 11.7 Å². The maximum atomic E-state index is 9.53. The van der Waals surface area contributed by atoms with Gasteiger partial charge in [-0.1, -0.05) is 6.07 Å². The predicted molar refractivity (Wildman–Crippen MR) is 75.1 cm³/mol. The largest absolute Gasteiger partial charge is 0.508 e. The molecule has 2 nitrogen and oxygen atoms in total. The summed E-state index contributed by atoms with van der Waals surface area (Å²) >= 11 is 0. The average Bonchev–Trinajstić information content (AvgIpc) is 2.28. The first-order valence-corrected chi connectivity index (χ1v) is 6.28. The van der Waals surface area contributed by atoms with Gasteiger partial charge in [-0.3, -0.25) is 0 Å². The van der Waals surface area contributed by atoms with Crippen molar-refractivity contribution in [3.8, 4) is 5.75 Å². The van der Waals surface area contributed by atoms with Gasteiger partial charge in [0, 0.05) is 6.04 Å². The van der Waals surface area contributed by atoms with Gasteiger partial charge < -0.3 is 10.0 Å². The van der Waals surface area contributed by atoms with E-state index in [9.17, 15) is 5.11 Å². The van der Waals surface area contributed by atoms with Gasteiger partial charge >= 0.3 is 0 Å². The zero-order valence-corrected chi connectivity index (χ0v) is 11.9. The fourth-order valence-corrected chi connectivity index (χ4v) is 3.48. The first kappa shape index (κ1) is 12.9. The Morgan fingerprint density at radius 2 is 2.12 bits per heavy atom. The van der Waals surface area contributed by atoms with Gasteiger partial charge in [0.15, 0.2) is 0 Å². The molecule has 1 aromatic carbocycles. The molecule has 1 N–H and O–H groups in total. The van der Waals surface area contributed by atoms with Crippen LogP contribution in [0.15, 0.2) is 18.2 Å². The van der Waals surface area contributed by atoms with Gasteiger partial charge in [0.25, 0.3) is 0 Å². The van der Waals surface area contributed by atoms with Gasteiger partial charge in [-0.2, -0.15) is 0 Å². The van der Waals surface area contributed by atoms with Crippen LogP contribution in [0, 0.1) is 0 Å². The summed E-state index contributed by atoms with van der Waals surface area (Å²) in [6.45, 7) is 1.24. The highest BCUT2D eigenvalue weighted by Gasteiger charge is 2.34. The highest BCUT2D eigenvalue weighted by Crippen LogP contribution is 2.40. The number of phenols is 1. The Labute approximate surface area is 113 Å². The fraction of sp³-hybridized carbons (Fsp3) is 0.571. The summed E-state index contributed by atoms with van der Waals surface area (Å²) < 4.78 is 0. The minimum Gasteiger partial charge on any atom is -0.508 e. The van der Waals surface area contributed by atoms with Gasteiger partial charge in [-0.25, -0.2) is 0 Å². The van der Waals surface area contributed by atoms with E-state index in [4.69, 9.17) is 0 Å². The molecular weight excluding hydrogens is 278 g/mol. The highest BCUT2D eigenvalue weighted by molar-refractivity contribution is 8.93. The third kappa shape index (κ3) is 2.23. The van der Waals surface area contributed by atoms with Crippen LogP contribution in [0.5, 0.6) is 5.75 Å². The van der Waals surface area contributed by atoms with Crippen LogP contribution in [0.4, 0.5) is 0 Å². The number of aryl methyl sites for hydroxylation is 1. The van der Waals surface area contributed by atoms with E-state index in [-0.39, 0.29) is 17.0 Å². The van der Waals surface area contributed by atoms with Crippen LogP contribution < -0.4 is 0 Å². The molecule has 0 saturated carbocycles. The van der Waals surface area contributed by atoms with Crippen LogP contribution in [0.2, 0.25) is 0 Å². The molecule has 17 heavy (non-hydrogen) atoms. The minimum absolute atomic E-state index is 0. The molecule has 2 atom stereocenters. The molecule has 0 unspecified atom stereocenters. The van der Waals surface area contributed by atoms with Crippen molar-refractivity contribution in [1.82, 2.24) is 4.90 Å². The number of piperidine rings is 1. The zero-order valence-electron chi connectivity index (χ0n) is 10.2. The Bertz CT molecular complexity index is 407. The van der Waals surface area contributed by atoms with Gasteiger partial charge in [-0.15, -0.1) is 17.0 Å². The SMILES string of the molecule is Br.CN1CCC[C@@H]2c3ccc(O)cc3CC[C@@H]21. The van der Waals surface area contributed by atoms with E-state index in [2.05, 4.69) is 18.0 Å². The Kier molecular flexibility index (Phi) is 3.79. The first-order valence-electron chi connectivity index (χ1n) is 6.28. The topological polar surface area (TPSA) is 23.5 Å². The number of likely N-dealkylation sites (N-methyl/N-ethyl adjacent to an activating group) is 1. The van der Waals surface area contributed by atoms with E-state index >= 15 is 0 Å². The molecule has 1 fully saturated rings. The standard InChI is InChI=1S/C14H19NO.BrH/c1-15-8-2-3-13-12-6-5-11(16)9-10(12)4-7-14(13)15;/h5-6,9,13-14,16H,2-4,7-8H2,1H3;1H/t13-,14+;/m1./s1. The second kappa shape index (κ2) is 4.99. The van der Waals surface area contributed by atoms with Crippen molar-refractivity contribution in [2.45, 2.75) is 37.6 Å². The number of rotatable bonds is 0. The second-order valence-electron chi connectivity index (χ2n) is 5.22. The number of hydrogen-bond acceptors (Lipinski definition) is 2. The number of hydrogen-bond donors (Lipinski definition) is 1. The first-order chi connectivity index (χ1) is 7.75. The predicted octanol–water partition coefficient (Wildman–Crippen LogP) is 3.09. The maximum Gasteiger partial charge on any atom is 0.115 e. The van der Waals surface area contributed by atoms with E-state index in [1.807, 2.05) is 12.1 Å². The monoisotopic (exact) mass is 297 g/mol. The Balaban J connectivity index is 0.00000108. The molecule has 0 amide bonds. The quantitative estimate of drug-likeness (QED) is 0.795. The highest BCUT2D eigenvalue weighted by atomic mass is 79.9. The summed E-state index contributed by atoms with van der Waals surface area (Å²) in [5, 5.41) is 9.53. The van der Waals surface area contributed by atoms with Crippen molar-refractivity contribution in [3.05, 3.63) is 29.3 Å². The van der Waals surface area contributed by atoms with Gasteiger partial charge in [0.1, 0.15) is 5.75 Å². The summed E-state index contributed by atoms with van der Waals surface area (Å²) in [5.74, 6) is 1.12. The summed E-state index contributed by atoms with van der Waals surface area (Å²) in [6, 6.07) is 6.67. The zero-order chi connectivity index (χ0) is 11.1. The van der Waals surface area contributed by atoms with Gasteiger partial charge in [-0.05, 0) is 68.5 Å². The van der Waals surface area contributed by atoms with Crippen molar-refractivity contribution in [2.75, 3.05) is 13.6 Å². The summed E-state index contributed by atoms with van der Waals surface area (Å²) in [7, 11) is 2.25. The number of fused-ring (bicyclic) bond motifs is 3. The van der Waals surface area contributed by atoms with Crippen molar-refractivity contribution >= 4 is 17.0 Å². The third-order valence-corrected chi connectivity index (χ3v) is 4.29. The molecule has 1 aromatic rings. The van der Waals surface area contributed by atoms with E-state index in [1.165, 1.54) is 36.9 Å². The molecule has 1 aliphatic carbocycles. The lowest BCUT2D eigenvalue weighted by Crippen LogP contribution is -2.43. The molecule has 3 rings (SSSR count). The molecule has 0 spiro atoms. The number of aromatic hydroxyl groups is 1. The van der Waals surface area contributed by atoms with Crippen LogP contribution in [0.1, 0.15) is 36.3 Å². The third-order valence-electron chi connectivity index (χ3n) is 4.29. The number of benzene rings is 1. The van der Waals surface area contributed by atoms with Crippen LogP contribution in [-0.2, 0) is 6.42 Å². The number of phenolic OH excluding ortho intramolecular Hbond substituents is 1. The van der Waals surface area contributed by atoms with Crippen molar-refractivity contribution in [3.63, 3.8) is 0 Å².